The number of rotatable bonds is 7. The molecule has 0 bridgehead atoms. The molecule has 0 atom stereocenters. The Bertz CT molecular complexity index is 1040. The molecule has 7 heteroatoms. The molecule has 1 saturated heterocycles. The van der Waals surface area contributed by atoms with Crippen molar-refractivity contribution in [1.29, 1.82) is 0 Å². The minimum absolute atomic E-state index is 0.197. The van der Waals surface area contributed by atoms with E-state index in [4.69, 9.17) is 0 Å². The van der Waals surface area contributed by atoms with Gasteiger partial charge in [0.05, 0.1) is 6.10 Å². The van der Waals surface area contributed by atoms with E-state index in [1.54, 1.807) is 12.1 Å². The number of piperidine rings is 1. The molecule has 0 unspecified atom stereocenters. The van der Waals surface area contributed by atoms with E-state index in [1.165, 1.54) is 17.7 Å². The van der Waals surface area contributed by atoms with Gasteiger partial charge in [-0.2, -0.15) is 0 Å². The van der Waals surface area contributed by atoms with Crippen molar-refractivity contribution >= 4 is 10.9 Å². The number of benzene rings is 2. The maximum atomic E-state index is 12.5. The Morgan fingerprint density at radius 2 is 1.78 bits per heavy atom. The van der Waals surface area contributed by atoms with Crippen LogP contribution in [-0.4, -0.2) is 40.1 Å². The second-order valence-corrected chi connectivity index (χ2v) is 8.52. The Morgan fingerprint density at radius 3 is 2.44 bits per heavy atom. The lowest BCUT2D eigenvalue weighted by molar-refractivity contribution is -0.274. The number of likely N-dealkylation sites (tertiary alicyclic amines) is 1. The number of nitrogens with zero attached hydrogens (tertiary/aromatic N) is 2. The first kappa shape index (κ1) is 22.7. The van der Waals surface area contributed by atoms with Gasteiger partial charge in [0, 0.05) is 48.8 Å². The molecular weight excluding hydrogens is 417 g/mol. The molecule has 0 spiro atoms. The van der Waals surface area contributed by atoms with Crippen molar-refractivity contribution in [3.8, 4) is 16.9 Å². The number of aliphatic hydroxyl groups is 1. The summed E-state index contributed by atoms with van der Waals surface area (Å²) in [7, 11) is 0. The van der Waals surface area contributed by atoms with Crippen LogP contribution in [0.2, 0.25) is 0 Å². The first-order chi connectivity index (χ1) is 15.3. The van der Waals surface area contributed by atoms with Crippen molar-refractivity contribution in [2.24, 2.45) is 0 Å². The number of hydrogen-bond donors (Lipinski definition) is 1. The Balaban J connectivity index is 1.65. The molecule has 0 radical (unpaired) electrons. The van der Waals surface area contributed by atoms with Crippen LogP contribution in [0.15, 0.2) is 48.7 Å². The zero-order valence-corrected chi connectivity index (χ0v) is 18.2. The highest BCUT2D eigenvalue weighted by atomic mass is 19.4. The van der Waals surface area contributed by atoms with E-state index >= 15 is 0 Å². The summed E-state index contributed by atoms with van der Waals surface area (Å²) in [4.78, 5) is 2.35. The summed E-state index contributed by atoms with van der Waals surface area (Å²) in [5.74, 6) is -0.219. The van der Waals surface area contributed by atoms with E-state index in [2.05, 4.69) is 45.5 Å². The first-order valence-corrected chi connectivity index (χ1v) is 11.2. The minimum Gasteiger partial charge on any atom is -0.406 e. The van der Waals surface area contributed by atoms with E-state index in [0.29, 0.717) is 0 Å². The third kappa shape index (κ3) is 5.45. The van der Waals surface area contributed by atoms with Crippen molar-refractivity contribution in [3.63, 3.8) is 0 Å². The van der Waals surface area contributed by atoms with Crippen LogP contribution in [0.3, 0.4) is 0 Å². The van der Waals surface area contributed by atoms with Gasteiger partial charge in [-0.15, -0.1) is 13.2 Å². The van der Waals surface area contributed by atoms with Crippen molar-refractivity contribution in [1.82, 2.24) is 9.47 Å². The lowest BCUT2D eigenvalue weighted by atomic mass is 10.0. The number of aryl methyl sites for hydroxylation is 1. The average Bonchev–Trinajstić information content (AvgIpc) is 3.11. The van der Waals surface area contributed by atoms with E-state index in [-0.39, 0.29) is 11.9 Å². The lowest BCUT2D eigenvalue weighted by Gasteiger charge is -2.29. The van der Waals surface area contributed by atoms with Crippen molar-refractivity contribution < 1.29 is 23.0 Å². The van der Waals surface area contributed by atoms with Crippen LogP contribution < -0.4 is 4.74 Å². The van der Waals surface area contributed by atoms with Crippen LogP contribution in [-0.2, 0) is 13.1 Å². The number of alkyl halides is 3. The molecule has 0 aliphatic carbocycles. The Morgan fingerprint density at radius 1 is 1.06 bits per heavy atom. The summed E-state index contributed by atoms with van der Waals surface area (Å²) < 4.78 is 43.8. The number of halogens is 3. The normalized spacial score (nSPS) is 16.0. The largest absolute Gasteiger partial charge is 0.573 e. The first-order valence-electron chi connectivity index (χ1n) is 11.2. The van der Waals surface area contributed by atoms with Gasteiger partial charge in [0.25, 0.3) is 0 Å². The summed E-state index contributed by atoms with van der Waals surface area (Å²) in [5.41, 5.74) is 4.19. The smallest absolute Gasteiger partial charge is 0.406 e. The molecule has 1 N–H and O–H groups in total. The summed E-state index contributed by atoms with van der Waals surface area (Å²) >= 11 is 0. The van der Waals surface area contributed by atoms with Crippen LogP contribution in [0.1, 0.15) is 38.2 Å². The highest BCUT2D eigenvalue weighted by Crippen LogP contribution is 2.34. The van der Waals surface area contributed by atoms with Gasteiger partial charge in [0.2, 0.25) is 0 Å². The van der Waals surface area contributed by atoms with Crippen molar-refractivity contribution in [2.75, 3.05) is 13.1 Å². The van der Waals surface area contributed by atoms with E-state index in [1.807, 2.05) is 0 Å². The van der Waals surface area contributed by atoms with Crippen LogP contribution in [0.5, 0.6) is 5.75 Å². The number of hydrogen-bond acceptors (Lipinski definition) is 3. The molecule has 1 fully saturated rings. The van der Waals surface area contributed by atoms with Crippen LogP contribution in [0.4, 0.5) is 13.2 Å². The fourth-order valence-electron chi connectivity index (χ4n) is 4.36. The van der Waals surface area contributed by atoms with Gasteiger partial charge in [-0.25, -0.2) is 0 Å². The molecule has 172 valence electrons. The molecule has 0 saturated carbocycles. The Labute approximate surface area is 186 Å². The van der Waals surface area contributed by atoms with Crippen LogP contribution >= 0.6 is 0 Å². The second-order valence-electron chi connectivity index (χ2n) is 8.52. The van der Waals surface area contributed by atoms with Crippen molar-refractivity contribution in [3.05, 3.63) is 54.2 Å². The maximum Gasteiger partial charge on any atom is 0.573 e. The lowest BCUT2D eigenvalue weighted by Crippen LogP contribution is -2.35. The quantitative estimate of drug-likeness (QED) is 0.486. The molecule has 2 aromatic carbocycles. The maximum absolute atomic E-state index is 12.5. The van der Waals surface area contributed by atoms with Crippen molar-refractivity contribution in [2.45, 2.75) is 58.2 Å². The molecule has 1 aliphatic heterocycles. The average molecular weight is 447 g/mol. The highest BCUT2D eigenvalue weighted by molar-refractivity contribution is 5.96. The molecule has 0 amide bonds. The zero-order chi connectivity index (χ0) is 22.7. The van der Waals surface area contributed by atoms with Gasteiger partial charge in [-0.1, -0.05) is 31.5 Å². The Hall–Kier alpha value is -2.51. The summed E-state index contributed by atoms with van der Waals surface area (Å²) in [5, 5.41) is 10.8. The van der Waals surface area contributed by atoms with Crippen LogP contribution in [0, 0.1) is 0 Å². The highest BCUT2D eigenvalue weighted by Gasteiger charge is 2.31. The van der Waals surface area contributed by atoms with E-state index in [9.17, 15) is 18.3 Å². The monoisotopic (exact) mass is 446 g/mol. The van der Waals surface area contributed by atoms with E-state index < -0.39 is 6.36 Å². The van der Waals surface area contributed by atoms with Gasteiger partial charge in [0.1, 0.15) is 5.75 Å². The third-order valence-electron chi connectivity index (χ3n) is 6.06. The molecule has 4 nitrogen and oxygen atoms in total. The number of aromatic nitrogens is 1. The van der Waals surface area contributed by atoms with Gasteiger partial charge in [-0.05, 0) is 54.7 Å². The molecule has 1 aromatic heterocycles. The van der Waals surface area contributed by atoms with Gasteiger partial charge in [-0.3, -0.25) is 4.90 Å². The molecule has 4 rings (SSSR count). The minimum atomic E-state index is -4.70. The van der Waals surface area contributed by atoms with Gasteiger partial charge in [0.15, 0.2) is 0 Å². The topological polar surface area (TPSA) is 37.6 Å². The third-order valence-corrected chi connectivity index (χ3v) is 6.06. The fourth-order valence-corrected chi connectivity index (χ4v) is 4.36. The summed E-state index contributed by atoms with van der Waals surface area (Å²) in [6.07, 6.45) is 0.937. The number of aliphatic hydroxyl groups excluding tert-OH is 1. The number of fused-ring (bicyclic) bond motifs is 1. The van der Waals surface area contributed by atoms with Gasteiger partial charge < -0.3 is 14.4 Å². The van der Waals surface area contributed by atoms with Crippen LogP contribution in [0.25, 0.3) is 22.0 Å². The number of unbranched alkanes of at least 4 members (excludes halogenated alkanes) is 1. The van der Waals surface area contributed by atoms with Gasteiger partial charge >= 0.3 is 6.36 Å². The SMILES string of the molecule is CCCCn1cc(-c2ccc(OC(F)(F)F)cc2)c2cc(CN3CCC(O)CC3)ccc21. The second kappa shape index (κ2) is 9.55. The fraction of sp³-hybridized carbons (Fsp3) is 0.440. The number of ether oxygens (including phenoxy) is 1. The predicted molar refractivity (Wildman–Crippen MR) is 119 cm³/mol. The zero-order valence-electron chi connectivity index (χ0n) is 18.2. The molecule has 3 aromatic rings. The predicted octanol–water partition coefficient (Wildman–Crippen LogP) is 5.96. The Kier molecular flexibility index (Phi) is 6.76. The molecule has 32 heavy (non-hydrogen) atoms. The summed E-state index contributed by atoms with van der Waals surface area (Å²) in [6, 6.07) is 12.6. The molecular formula is C25H29F3N2O2. The van der Waals surface area contributed by atoms with E-state index in [0.717, 1.165) is 73.9 Å². The molecule has 1 aliphatic rings. The standard InChI is InChI=1S/C25H29F3N2O2/c1-2-3-12-30-17-23(19-5-7-21(8-6-19)32-25(26,27)28)22-15-18(4-9-24(22)30)16-29-13-10-20(31)11-14-29/h4-9,15,17,20,31H,2-3,10-14,16H2,1H3. The summed E-state index contributed by atoms with van der Waals surface area (Å²) in [6.45, 7) is 5.63. The molecule has 2 heterocycles.